The number of phenolic OH excluding ortho intramolecular Hbond substituents is 1. The summed E-state index contributed by atoms with van der Waals surface area (Å²) in [5.41, 5.74) is 0.334. The number of aromatic hydroxyl groups is 1. The van der Waals surface area contributed by atoms with Gasteiger partial charge in [0.2, 0.25) is 0 Å². The average Bonchev–Trinajstić information content (AvgIpc) is 3.01. The lowest BCUT2D eigenvalue weighted by atomic mass is 9.95. The highest BCUT2D eigenvalue weighted by atomic mass is 16.5. The highest BCUT2D eigenvalue weighted by Gasteiger charge is 2.46. The smallest absolute Gasteiger partial charge is 0.280 e. The van der Waals surface area contributed by atoms with Gasteiger partial charge < -0.3 is 14.9 Å². The predicted octanol–water partition coefficient (Wildman–Crippen LogP) is 3.17. The zero-order valence-corrected chi connectivity index (χ0v) is 15.1. The van der Waals surface area contributed by atoms with E-state index in [0.717, 1.165) is 5.01 Å². The molecule has 1 unspecified atom stereocenters. The molecule has 6 heteroatoms. The Morgan fingerprint density at radius 3 is 2.58 bits per heavy atom. The first-order valence-corrected chi connectivity index (χ1v) is 8.47. The molecule has 1 aliphatic heterocycles. The summed E-state index contributed by atoms with van der Waals surface area (Å²) >= 11 is 0. The summed E-state index contributed by atoms with van der Waals surface area (Å²) in [7, 11) is 1.56. The van der Waals surface area contributed by atoms with Crippen molar-refractivity contribution in [2.75, 3.05) is 7.11 Å². The maximum atomic E-state index is 13.1. The van der Waals surface area contributed by atoms with Crippen molar-refractivity contribution in [3.05, 3.63) is 59.2 Å². The Balaban J connectivity index is 2.04. The minimum Gasteiger partial charge on any atom is -0.507 e. The lowest BCUT2D eigenvalue weighted by molar-refractivity contribution is -0.0766. The number of hydrogen-bond acceptors (Lipinski definition) is 5. The number of para-hydroxylation sites is 1. The molecule has 1 aliphatic rings. The van der Waals surface area contributed by atoms with Crippen LogP contribution in [0.15, 0.2) is 47.6 Å². The van der Waals surface area contributed by atoms with Crippen molar-refractivity contribution in [3.8, 4) is 11.5 Å². The first kappa shape index (κ1) is 17.9. The molecular formula is C20H22N2O4. The Morgan fingerprint density at radius 1 is 1.27 bits per heavy atom. The first-order valence-electron chi connectivity index (χ1n) is 8.47. The van der Waals surface area contributed by atoms with Gasteiger partial charge in [-0.1, -0.05) is 31.2 Å². The number of ether oxygens (including phenoxy) is 1. The van der Waals surface area contributed by atoms with Gasteiger partial charge >= 0.3 is 0 Å². The molecule has 0 fully saturated rings. The molecule has 2 N–H and O–H groups in total. The molecule has 1 amide bonds. The number of aliphatic hydroxyl groups is 1. The van der Waals surface area contributed by atoms with Crippen molar-refractivity contribution in [2.45, 2.75) is 32.4 Å². The molecule has 2 aromatic rings. The second-order valence-corrected chi connectivity index (χ2v) is 6.33. The number of phenols is 1. The lowest BCUT2D eigenvalue weighted by Gasteiger charge is -2.31. The molecule has 0 aromatic heterocycles. The van der Waals surface area contributed by atoms with Crippen molar-refractivity contribution in [3.63, 3.8) is 0 Å². The van der Waals surface area contributed by atoms with E-state index in [1.165, 1.54) is 6.07 Å². The minimum atomic E-state index is -1.61. The van der Waals surface area contributed by atoms with E-state index in [1.54, 1.807) is 50.4 Å². The van der Waals surface area contributed by atoms with Crippen LogP contribution in [0.2, 0.25) is 0 Å². The van der Waals surface area contributed by atoms with E-state index in [1.807, 2.05) is 6.92 Å². The first-order chi connectivity index (χ1) is 12.4. The van der Waals surface area contributed by atoms with Crippen molar-refractivity contribution >= 4 is 11.6 Å². The second kappa shape index (κ2) is 6.80. The van der Waals surface area contributed by atoms with Crippen LogP contribution < -0.4 is 4.74 Å². The number of hydrogen-bond donors (Lipinski definition) is 2. The number of aryl methyl sites for hydroxylation is 1. The summed E-state index contributed by atoms with van der Waals surface area (Å²) in [5.74, 6) is 0.00360. The van der Waals surface area contributed by atoms with Crippen LogP contribution in [0.1, 0.15) is 41.3 Å². The molecule has 0 saturated carbocycles. The Labute approximate surface area is 152 Å². The van der Waals surface area contributed by atoms with Gasteiger partial charge in [0.15, 0.2) is 5.72 Å². The van der Waals surface area contributed by atoms with Crippen molar-refractivity contribution < 1.29 is 19.7 Å². The van der Waals surface area contributed by atoms with E-state index < -0.39 is 11.6 Å². The zero-order chi connectivity index (χ0) is 18.9. The maximum absolute atomic E-state index is 13.1. The summed E-state index contributed by atoms with van der Waals surface area (Å²) in [6, 6.07) is 11.8. The van der Waals surface area contributed by atoms with Gasteiger partial charge in [0.25, 0.3) is 5.91 Å². The lowest BCUT2D eigenvalue weighted by Crippen LogP contribution is -2.43. The second-order valence-electron chi connectivity index (χ2n) is 6.33. The zero-order valence-electron chi connectivity index (χ0n) is 15.1. The number of carbonyl (C=O) groups is 1. The third-order valence-corrected chi connectivity index (χ3v) is 4.66. The van der Waals surface area contributed by atoms with Crippen LogP contribution in [-0.4, -0.2) is 34.0 Å². The summed E-state index contributed by atoms with van der Waals surface area (Å²) in [6.45, 7) is 3.64. The van der Waals surface area contributed by atoms with Gasteiger partial charge in [-0.2, -0.15) is 10.1 Å². The SMILES string of the molecule is CCC1=NN(C(=O)c2cccc(C)c2O)C(O)(c2ccc(OC)cc2)C1. The molecule has 0 saturated heterocycles. The average molecular weight is 354 g/mol. The van der Waals surface area contributed by atoms with Gasteiger partial charge in [-0.15, -0.1) is 0 Å². The van der Waals surface area contributed by atoms with E-state index in [4.69, 9.17) is 4.74 Å². The van der Waals surface area contributed by atoms with E-state index in [0.29, 0.717) is 29.0 Å². The molecule has 0 radical (unpaired) electrons. The molecule has 2 aromatic carbocycles. The number of nitrogens with zero attached hydrogens (tertiary/aromatic N) is 2. The highest BCUT2D eigenvalue weighted by molar-refractivity contribution is 6.00. The Morgan fingerprint density at radius 2 is 1.96 bits per heavy atom. The summed E-state index contributed by atoms with van der Waals surface area (Å²) < 4.78 is 5.16. The van der Waals surface area contributed by atoms with E-state index >= 15 is 0 Å². The number of amides is 1. The van der Waals surface area contributed by atoms with Crippen molar-refractivity contribution in [1.82, 2.24) is 5.01 Å². The molecule has 3 rings (SSSR count). The van der Waals surface area contributed by atoms with Gasteiger partial charge in [0.1, 0.15) is 11.5 Å². The molecule has 1 heterocycles. The van der Waals surface area contributed by atoms with Crippen LogP contribution in [0.5, 0.6) is 11.5 Å². The Kier molecular flexibility index (Phi) is 4.70. The van der Waals surface area contributed by atoms with Gasteiger partial charge in [0.05, 0.1) is 12.7 Å². The molecule has 1 atom stereocenters. The number of hydrazone groups is 1. The number of methoxy groups -OCH3 is 1. The fraction of sp³-hybridized carbons (Fsp3) is 0.300. The highest BCUT2D eigenvalue weighted by Crippen LogP contribution is 2.38. The van der Waals surface area contributed by atoms with Crippen LogP contribution in [0.3, 0.4) is 0 Å². The fourth-order valence-electron chi connectivity index (χ4n) is 3.06. The Bertz CT molecular complexity index is 861. The monoisotopic (exact) mass is 354 g/mol. The molecule has 26 heavy (non-hydrogen) atoms. The topological polar surface area (TPSA) is 82.4 Å². The van der Waals surface area contributed by atoms with E-state index in [9.17, 15) is 15.0 Å². The minimum absolute atomic E-state index is 0.102. The molecule has 0 spiro atoms. The van der Waals surface area contributed by atoms with Crippen LogP contribution in [0.25, 0.3) is 0 Å². The Hall–Kier alpha value is -2.86. The third-order valence-electron chi connectivity index (χ3n) is 4.66. The largest absolute Gasteiger partial charge is 0.507 e. The number of carbonyl (C=O) groups excluding carboxylic acids is 1. The van der Waals surface area contributed by atoms with Crippen LogP contribution in [0, 0.1) is 6.92 Å². The van der Waals surface area contributed by atoms with E-state index in [2.05, 4.69) is 5.10 Å². The van der Waals surface area contributed by atoms with Gasteiger partial charge in [-0.3, -0.25) is 4.79 Å². The molecular weight excluding hydrogens is 332 g/mol. The van der Waals surface area contributed by atoms with Gasteiger partial charge in [-0.25, -0.2) is 0 Å². The molecule has 136 valence electrons. The van der Waals surface area contributed by atoms with Crippen LogP contribution >= 0.6 is 0 Å². The quantitative estimate of drug-likeness (QED) is 0.883. The van der Waals surface area contributed by atoms with Gasteiger partial charge in [0, 0.05) is 17.7 Å². The molecule has 0 bridgehead atoms. The van der Waals surface area contributed by atoms with Crippen molar-refractivity contribution in [2.24, 2.45) is 5.10 Å². The van der Waals surface area contributed by atoms with Crippen molar-refractivity contribution in [1.29, 1.82) is 0 Å². The fourth-order valence-corrected chi connectivity index (χ4v) is 3.06. The standard InChI is InChI=1S/C20H22N2O4/c1-4-15-12-20(25,14-8-10-16(26-3)11-9-14)22(21-15)19(24)17-7-5-6-13(2)18(17)23/h5-11,23,25H,4,12H2,1-3H3. The molecule has 6 nitrogen and oxygen atoms in total. The molecule has 0 aliphatic carbocycles. The number of rotatable bonds is 4. The predicted molar refractivity (Wildman–Crippen MR) is 98.2 cm³/mol. The maximum Gasteiger partial charge on any atom is 0.280 e. The summed E-state index contributed by atoms with van der Waals surface area (Å²) in [6.07, 6.45) is 0.830. The van der Waals surface area contributed by atoms with Crippen LogP contribution in [0.4, 0.5) is 0 Å². The number of benzene rings is 2. The van der Waals surface area contributed by atoms with E-state index in [-0.39, 0.29) is 17.7 Å². The normalized spacial score (nSPS) is 19.4. The van der Waals surface area contributed by atoms with Crippen LogP contribution in [-0.2, 0) is 5.72 Å². The van der Waals surface area contributed by atoms with Gasteiger partial charge in [-0.05, 0) is 37.1 Å². The third kappa shape index (κ3) is 2.93. The summed E-state index contributed by atoms with van der Waals surface area (Å²) in [4.78, 5) is 13.1. The summed E-state index contributed by atoms with van der Waals surface area (Å²) in [5, 5.41) is 27.0.